The summed E-state index contributed by atoms with van der Waals surface area (Å²) < 4.78 is 40.4. The zero-order chi connectivity index (χ0) is 54.0. The predicted molar refractivity (Wildman–Crippen MR) is 282 cm³/mol. The van der Waals surface area contributed by atoms with Gasteiger partial charge >= 0.3 is 19.1 Å². The lowest BCUT2D eigenvalue weighted by atomic mass is 9.79. The van der Waals surface area contributed by atoms with Crippen molar-refractivity contribution in [1.82, 2.24) is 50.8 Å². The smallest absolute Gasteiger partial charge is 0.493 e. The second kappa shape index (κ2) is 23.9. The van der Waals surface area contributed by atoms with Crippen LogP contribution in [0.3, 0.4) is 0 Å². The van der Waals surface area contributed by atoms with Crippen molar-refractivity contribution in [1.29, 1.82) is 0 Å². The number of aromatic amines is 4. The molecular weight excluding hydrogens is 1040 g/mol. The first-order valence-electron chi connectivity index (χ1n) is 23.9. The summed E-state index contributed by atoms with van der Waals surface area (Å²) in [5, 5.41) is 29.3. The van der Waals surface area contributed by atoms with Gasteiger partial charge < -0.3 is 48.1 Å². The minimum Gasteiger partial charge on any atom is -0.493 e. The summed E-state index contributed by atoms with van der Waals surface area (Å²) in [5.41, 5.74) is 3.07. The van der Waals surface area contributed by atoms with E-state index in [1.165, 1.54) is 7.11 Å². The number of aromatic nitrogens is 10. The van der Waals surface area contributed by atoms with E-state index in [9.17, 15) is 24.3 Å². The summed E-state index contributed by atoms with van der Waals surface area (Å²) >= 11 is 3.39. The third-order valence-corrected chi connectivity index (χ3v) is 12.5. The molecule has 5 N–H and O–H groups in total. The van der Waals surface area contributed by atoms with Crippen LogP contribution in [0.15, 0.2) is 99.0 Å². The zero-order valence-electron chi connectivity index (χ0n) is 42.6. The molecule has 0 radical (unpaired) electrons. The summed E-state index contributed by atoms with van der Waals surface area (Å²) in [6.07, 6.45) is -0.647. The van der Waals surface area contributed by atoms with Crippen LogP contribution in [0.2, 0.25) is 0 Å². The fourth-order valence-corrected chi connectivity index (χ4v) is 7.78. The second-order valence-electron chi connectivity index (χ2n) is 17.6. The van der Waals surface area contributed by atoms with Gasteiger partial charge in [0.1, 0.15) is 34.6 Å². The molecule has 0 spiro atoms. The number of carboxylic acid groups (broad SMARTS) is 1. The summed E-state index contributed by atoms with van der Waals surface area (Å²) in [7, 11) is 0.900. The predicted octanol–water partition coefficient (Wildman–Crippen LogP) is 7.20. The minimum absolute atomic E-state index is 0.131. The number of aliphatic carboxylic acids is 1. The van der Waals surface area contributed by atoms with Gasteiger partial charge in [0, 0.05) is 4.47 Å². The Labute approximate surface area is 438 Å². The first-order chi connectivity index (χ1) is 35.9. The number of methoxy groups -OCH3 is 1. The van der Waals surface area contributed by atoms with Crippen LogP contribution in [0.25, 0.3) is 56.2 Å². The summed E-state index contributed by atoms with van der Waals surface area (Å²) in [6.45, 7) is 16.3. The van der Waals surface area contributed by atoms with Gasteiger partial charge in [0.25, 0.3) is 11.1 Å². The van der Waals surface area contributed by atoms with Gasteiger partial charge in [0.05, 0.1) is 42.7 Å². The van der Waals surface area contributed by atoms with Gasteiger partial charge in [-0.15, -0.1) is 20.4 Å². The van der Waals surface area contributed by atoms with Crippen LogP contribution >= 0.6 is 15.9 Å². The molecule has 4 aromatic carbocycles. The fraction of sp³-hybridized carbons (Fsp3) is 0.333. The van der Waals surface area contributed by atoms with Gasteiger partial charge in [-0.2, -0.15) is 10.4 Å². The molecule has 24 heteroatoms. The molecule has 22 nitrogen and oxygen atoms in total. The second-order valence-corrected chi connectivity index (χ2v) is 18.5. The van der Waals surface area contributed by atoms with Crippen molar-refractivity contribution in [3.8, 4) is 56.9 Å². The van der Waals surface area contributed by atoms with E-state index < -0.39 is 42.1 Å². The van der Waals surface area contributed by atoms with E-state index in [1.54, 1.807) is 37.3 Å². The third kappa shape index (κ3) is 12.9. The number of halogens is 1. The molecule has 9 rings (SSSR count). The highest BCUT2D eigenvalue weighted by molar-refractivity contribution is 9.10. The number of nitrogens with zero attached hydrogens (tertiary/aromatic N) is 6. The van der Waals surface area contributed by atoms with Gasteiger partial charge in [-0.05, 0) is 126 Å². The molecule has 0 amide bonds. The number of hydrogen-bond acceptors (Lipinski definition) is 17. The topological polar surface area (TPSA) is 294 Å². The number of nitrogens with one attached hydrogen (secondary N) is 4. The van der Waals surface area contributed by atoms with Crippen molar-refractivity contribution < 1.29 is 47.7 Å². The standard InChI is InChI=1S/C22H21N5O5.C17H25BO5.C12H10BrN5O2/c1-3-16(22(29)30)32-14-7-5-6-12(10-14)13-8-9-15(17(11-13)31-4-2)19-23-20-18(21(28)24-19)25-27-26-20;1-7-14(15(19)20-6)21-13-10-8-9-12(11-13)18-22-16(2,3)17(4,5)23-18;1-2-20-8-5-6(13)3-4-7(8)10-14-11-9(12(19)15-10)16-18-17-11/h5-11,16H,3-4H2,1-2H3,(H,29,30)(H2,23,24,25,26,27,28);8-11,14H,7H2,1-6H3;3-5H,2H2,1H3,(H2,14,15,16,17,18,19). The Morgan fingerprint density at radius 3 is 1.71 bits per heavy atom. The maximum absolute atomic E-state index is 12.3. The number of carboxylic acids is 1. The number of ether oxygens (including phenoxy) is 5. The first-order valence-corrected chi connectivity index (χ1v) is 24.7. The molecule has 5 heterocycles. The van der Waals surface area contributed by atoms with E-state index in [4.69, 9.17) is 33.0 Å². The van der Waals surface area contributed by atoms with Crippen LogP contribution in [0.4, 0.5) is 0 Å². The van der Waals surface area contributed by atoms with Gasteiger partial charge in [-0.3, -0.25) is 9.59 Å². The highest BCUT2D eigenvalue weighted by Crippen LogP contribution is 2.37. The van der Waals surface area contributed by atoms with Crippen molar-refractivity contribution in [2.45, 2.75) is 91.6 Å². The van der Waals surface area contributed by atoms with E-state index in [-0.39, 0.29) is 33.9 Å². The molecule has 2 unspecified atom stereocenters. The molecule has 75 heavy (non-hydrogen) atoms. The largest absolute Gasteiger partial charge is 0.494 e. The maximum Gasteiger partial charge on any atom is 0.494 e. The van der Waals surface area contributed by atoms with E-state index in [1.807, 2.05) is 103 Å². The quantitative estimate of drug-likeness (QED) is 0.0472. The number of benzene rings is 4. The SMILES string of the molecule is CCC(Oc1cccc(B2OC(C)(C)C(C)(C)O2)c1)C(=O)OC.CCOc1cc(-c2cccc(OC(CC)C(=O)O)c2)ccc1-c1nc2n[nH]nc2c(=O)[nH]1.CCOc1cc(Br)ccc1-c1nc2n[nH]nc2c(=O)[nH]1. The maximum atomic E-state index is 12.3. The third-order valence-electron chi connectivity index (χ3n) is 12.0. The molecule has 4 aromatic heterocycles. The number of fused-ring (bicyclic) bond motifs is 2. The number of hydrogen-bond donors (Lipinski definition) is 5. The molecule has 0 bridgehead atoms. The van der Waals surface area contributed by atoms with Crippen molar-refractivity contribution in [3.63, 3.8) is 0 Å². The summed E-state index contributed by atoms with van der Waals surface area (Å²) in [5.74, 6) is 1.53. The van der Waals surface area contributed by atoms with E-state index >= 15 is 0 Å². The van der Waals surface area contributed by atoms with Crippen molar-refractivity contribution in [2.24, 2.45) is 0 Å². The van der Waals surface area contributed by atoms with Gasteiger partial charge in [-0.1, -0.05) is 60.1 Å². The highest BCUT2D eigenvalue weighted by Gasteiger charge is 2.51. The van der Waals surface area contributed by atoms with E-state index in [2.05, 4.69) is 66.7 Å². The molecule has 1 fully saturated rings. The lowest BCUT2D eigenvalue weighted by molar-refractivity contribution is -0.149. The minimum atomic E-state index is -1.01. The molecule has 2 atom stereocenters. The zero-order valence-corrected chi connectivity index (χ0v) is 44.2. The average Bonchev–Trinajstić information content (AvgIpc) is 4.14. The Morgan fingerprint density at radius 2 is 1.17 bits per heavy atom. The molecule has 1 saturated heterocycles. The van der Waals surface area contributed by atoms with Crippen molar-refractivity contribution in [2.75, 3.05) is 20.3 Å². The molecule has 1 aliphatic rings. The Morgan fingerprint density at radius 1 is 0.667 bits per heavy atom. The van der Waals surface area contributed by atoms with Crippen LogP contribution in [0.5, 0.6) is 23.0 Å². The van der Waals surface area contributed by atoms with E-state index in [0.29, 0.717) is 71.8 Å². The molecule has 392 valence electrons. The number of esters is 1. The fourth-order valence-electron chi connectivity index (χ4n) is 7.44. The van der Waals surface area contributed by atoms with Crippen LogP contribution in [-0.2, 0) is 23.6 Å². The Hall–Kier alpha value is -7.96. The van der Waals surface area contributed by atoms with Crippen LogP contribution in [0.1, 0.15) is 68.2 Å². The number of carbonyl (C=O) groups excluding carboxylic acids is 1. The molecule has 0 saturated carbocycles. The Kier molecular flexibility index (Phi) is 17.5. The lowest BCUT2D eigenvalue weighted by Gasteiger charge is -2.32. The summed E-state index contributed by atoms with van der Waals surface area (Å²) in [6, 6.07) is 25.6. The van der Waals surface area contributed by atoms with Crippen LogP contribution in [0, 0.1) is 0 Å². The number of carbonyl (C=O) groups is 2. The lowest BCUT2D eigenvalue weighted by Crippen LogP contribution is -2.41. The van der Waals surface area contributed by atoms with Gasteiger partial charge in [0.2, 0.25) is 11.3 Å². The average molecular weight is 1090 g/mol. The number of rotatable bonds is 16. The van der Waals surface area contributed by atoms with Crippen LogP contribution in [-0.4, -0.2) is 119 Å². The first kappa shape index (κ1) is 54.8. The normalized spacial score (nSPS) is 14.2. The molecule has 8 aromatic rings. The summed E-state index contributed by atoms with van der Waals surface area (Å²) in [4.78, 5) is 61.2. The molecule has 1 aliphatic heterocycles. The molecule has 0 aliphatic carbocycles. The monoisotopic (exact) mass is 1090 g/mol. The van der Waals surface area contributed by atoms with Crippen molar-refractivity contribution >= 4 is 62.8 Å². The van der Waals surface area contributed by atoms with Crippen LogP contribution < -0.4 is 35.5 Å². The van der Waals surface area contributed by atoms with Gasteiger partial charge in [0.15, 0.2) is 23.2 Å². The number of H-pyrrole nitrogens is 4. The van der Waals surface area contributed by atoms with Crippen molar-refractivity contribution in [3.05, 3.63) is 110 Å². The Balaban J connectivity index is 0.000000170. The molecular formula is C51H56BBrN10O12. The van der Waals surface area contributed by atoms with E-state index in [0.717, 1.165) is 21.1 Å². The highest BCUT2D eigenvalue weighted by atomic mass is 79.9. The Bertz CT molecular complexity index is 3400. The van der Waals surface area contributed by atoms with Gasteiger partial charge in [-0.25, -0.2) is 19.6 Å².